The molecule has 0 bridgehead atoms. The number of ether oxygens (including phenoxy) is 1. The Morgan fingerprint density at radius 2 is 2.00 bits per heavy atom. The van der Waals surface area contributed by atoms with Crippen molar-refractivity contribution in [2.24, 2.45) is 11.3 Å². The largest absolute Gasteiger partial charge is 0.378 e. The number of carbonyl (C=O) groups excluding carboxylic acids is 2. The number of hydrogen-bond donors (Lipinski definition) is 0. The van der Waals surface area contributed by atoms with Crippen LogP contribution in [0.15, 0.2) is 18.3 Å². The van der Waals surface area contributed by atoms with Crippen LogP contribution in [0.2, 0.25) is 0 Å². The SMILES string of the molecule is Cc1ccc(C(=O)N2CC(CCC(=O)N3CCOCC3)C3(CCC3)C2)cn1. The van der Waals surface area contributed by atoms with Crippen LogP contribution in [0.4, 0.5) is 0 Å². The lowest BCUT2D eigenvalue weighted by Crippen LogP contribution is -2.42. The number of pyridine rings is 1. The third-order valence-corrected chi connectivity index (χ3v) is 6.68. The van der Waals surface area contributed by atoms with Gasteiger partial charge in [-0.2, -0.15) is 0 Å². The smallest absolute Gasteiger partial charge is 0.255 e. The van der Waals surface area contributed by atoms with Crippen LogP contribution < -0.4 is 0 Å². The second kappa shape index (κ2) is 7.58. The van der Waals surface area contributed by atoms with Crippen molar-refractivity contribution in [1.82, 2.24) is 14.8 Å². The molecule has 4 rings (SSSR count). The number of nitrogens with zero attached hydrogens (tertiary/aromatic N) is 3. The third kappa shape index (κ3) is 3.72. The van der Waals surface area contributed by atoms with Crippen LogP contribution in [-0.4, -0.2) is 66.0 Å². The lowest BCUT2D eigenvalue weighted by molar-refractivity contribution is -0.135. The molecule has 1 aromatic rings. The molecule has 1 saturated carbocycles. The highest BCUT2D eigenvalue weighted by Gasteiger charge is 2.51. The molecule has 2 aliphatic heterocycles. The van der Waals surface area contributed by atoms with Gasteiger partial charge >= 0.3 is 0 Å². The van der Waals surface area contributed by atoms with Crippen molar-refractivity contribution in [3.05, 3.63) is 29.6 Å². The van der Waals surface area contributed by atoms with Crippen LogP contribution in [-0.2, 0) is 9.53 Å². The van der Waals surface area contributed by atoms with Crippen LogP contribution >= 0.6 is 0 Å². The molecular formula is C21H29N3O3. The van der Waals surface area contributed by atoms with Crippen LogP contribution in [0.25, 0.3) is 0 Å². The van der Waals surface area contributed by atoms with Crippen molar-refractivity contribution in [2.75, 3.05) is 39.4 Å². The predicted octanol–water partition coefficient (Wildman–Crippen LogP) is 2.27. The summed E-state index contributed by atoms with van der Waals surface area (Å²) in [5.74, 6) is 0.745. The van der Waals surface area contributed by atoms with Crippen LogP contribution in [0.1, 0.15) is 48.2 Å². The molecule has 2 amide bonds. The summed E-state index contributed by atoms with van der Waals surface area (Å²) in [5, 5.41) is 0. The monoisotopic (exact) mass is 371 g/mol. The number of rotatable bonds is 4. The number of amides is 2. The average Bonchev–Trinajstić information content (AvgIpc) is 3.07. The van der Waals surface area contributed by atoms with E-state index in [1.807, 2.05) is 28.9 Å². The molecule has 146 valence electrons. The van der Waals surface area contributed by atoms with Crippen molar-refractivity contribution < 1.29 is 14.3 Å². The van der Waals surface area contributed by atoms with Gasteiger partial charge in [0.1, 0.15) is 0 Å². The van der Waals surface area contributed by atoms with E-state index in [1.54, 1.807) is 6.20 Å². The second-order valence-corrected chi connectivity index (χ2v) is 8.32. The molecule has 27 heavy (non-hydrogen) atoms. The number of morpholine rings is 1. The zero-order valence-electron chi connectivity index (χ0n) is 16.2. The predicted molar refractivity (Wildman–Crippen MR) is 101 cm³/mol. The van der Waals surface area contributed by atoms with Gasteiger partial charge in [0.15, 0.2) is 0 Å². The standard InChI is InChI=1S/C21H29N3O3/c1-16-3-4-17(13-22-16)20(26)24-14-18(21(15-24)7-2-8-21)5-6-19(25)23-9-11-27-12-10-23/h3-4,13,18H,2,5-12,14-15H2,1H3. The molecule has 0 aromatic carbocycles. The maximum atomic E-state index is 12.9. The highest BCUT2D eigenvalue weighted by Crippen LogP contribution is 2.53. The molecule has 1 aliphatic carbocycles. The number of carbonyl (C=O) groups is 2. The normalized spacial score (nSPS) is 24.1. The molecule has 1 unspecified atom stereocenters. The van der Waals surface area contributed by atoms with Gasteiger partial charge < -0.3 is 14.5 Å². The first-order chi connectivity index (χ1) is 13.1. The molecule has 1 aromatic heterocycles. The quantitative estimate of drug-likeness (QED) is 0.815. The molecule has 0 N–H and O–H groups in total. The molecule has 1 spiro atoms. The Bertz CT molecular complexity index is 693. The van der Waals surface area contributed by atoms with Crippen molar-refractivity contribution in [2.45, 2.75) is 39.0 Å². The molecular weight excluding hydrogens is 342 g/mol. The summed E-state index contributed by atoms with van der Waals surface area (Å²) in [7, 11) is 0. The van der Waals surface area contributed by atoms with E-state index in [9.17, 15) is 9.59 Å². The van der Waals surface area contributed by atoms with Gasteiger partial charge in [-0.3, -0.25) is 14.6 Å². The zero-order chi connectivity index (χ0) is 18.9. The third-order valence-electron chi connectivity index (χ3n) is 6.68. The summed E-state index contributed by atoms with van der Waals surface area (Å²) in [6, 6.07) is 3.76. The van der Waals surface area contributed by atoms with Crippen LogP contribution in [0, 0.1) is 18.3 Å². The molecule has 1 atom stereocenters. The second-order valence-electron chi connectivity index (χ2n) is 8.32. The van der Waals surface area contributed by atoms with Gasteiger partial charge in [0, 0.05) is 44.5 Å². The summed E-state index contributed by atoms with van der Waals surface area (Å²) in [4.78, 5) is 33.6. The lowest BCUT2D eigenvalue weighted by atomic mass is 9.62. The fourth-order valence-corrected chi connectivity index (χ4v) is 4.83. The van der Waals surface area contributed by atoms with Crippen molar-refractivity contribution >= 4 is 11.8 Å². The molecule has 6 nitrogen and oxygen atoms in total. The molecule has 3 fully saturated rings. The highest BCUT2D eigenvalue weighted by molar-refractivity contribution is 5.94. The Morgan fingerprint density at radius 3 is 2.63 bits per heavy atom. The maximum Gasteiger partial charge on any atom is 0.255 e. The van der Waals surface area contributed by atoms with E-state index in [2.05, 4.69) is 4.98 Å². The zero-order valence-corrected chi connectivity index (χ0v) is 16.2. The van der Waals surface area contributed by atoms with Gasteiger partial charge in [0.2, 0.25) is 5.91 Å². The minimum absolute atomic E-state index is 0.0794. The minimum Gasteiger partial charge on any atom is -0.378 e. The van der Waals surface area contributed by atoms with E-state index in [0.717, 1.165) is 25.2 Å². The van der Waals surface area contributed by atoms with E-state index < -0.39 is 0 Å². The molecule has 6 heteroatoms. The van der Waals surface area contributed by atoms with Gasteiger partial charge in [-0.05, 0) is 49.7 Å². The van der Waals surface area contributed by atoms with Gasteiger partial charge in [-0.25, -0.2) is 0 Å². The average molecular weight is 371 g/mol. The van der Waals surface area contributed by atoms with E-state index in [0.29, 0.717) is 44.2 Å². The molecule has 3 aliphatic rings. The Labute approximate surface area is 160 Å². The Kier molecular flexibility index (Phi) is 5.17. The van der Waals surface area contributed by atoms with Gasteiger partial charge in [-0.1, -0.05) is 6.42 Å². The van der Waals surface area contributed by atoms with Gasteiger partial charge in [0.05, 0.1) is 18.8 Å². The highest BCUT2D eigenvalue weighted by atomic mass is 16.5. The molecule has 0 radical (unpaired) electrons. The Hall–Kier alpha value is -1.95. The Balaban J connectivity index is 1.38. The summed E-state index contributed by atoms with van der Waals surface area (Å²) < 4.78 is 5.33. The van der Waals surface area contributed by atoms with Crippen molar-refractivity contribution in [3.63, 3.8) is 0 Å². The van der Waals surface area contributed by atoms with E-state index in [4.69, 9.17) is 4.74 Å². The first-order valence-electron chi connectivity index (χ1n) is 10.1. The lowest BCUT2D eigenvalue weighted by Gasteiger charge is -2.43. The fourth-order valence-electron chi connectivity index (χ4n) is 4.83. The summed E-state index contributed by atoms with van der Waals surface area (Å²) in [6.07, 6.45) is 6.74. The van der Waals surface area contributed by atoms with Gasteiger partial charge in [-0.15, -0.1) is 0 Å². The van der Waals surface area contributed by atoms with Crippen LogP contribution in [0.5, 0.6) is 0 Å². The summed E-state index contributed by atoms with van der Waals surface area (Å²) >= 11 is 0. The molecule has 3 heterocycles. The maximum absolute atomic E-state index is 12.9. The minimum atomic E-state index is 0.0794. The molecule has 2 saturated heterocycles. The first kappa shape index (κ1) is 18.4. The summed E-state index contributed by atoms with van der Waals surface area (Å²) in [5.41, 5.74) is 1.82. The van der Waals surface area contributed by atoms with Crippen molar-refractivity contribution in [1.29, 1.82) is 0 Å². The summed E-state index contributed by atoms with van der Waals surface area (Å²) in [6.45, 7) is 6.23. The Morgan fingerprint density at radius 1 is 1.22 bits per heavy atom. The van der Waals surface area contributed by atoms with Crippen LogP contribution in [0.3, 0.4) is 0 Å². The fraction of sp³-hybridized carbons (Fsp3) is 0.667. The number of hydrogen-bond acceptors (Lipinski definition) is 4. The van der Waals surface area contributed by atoms with Gasteiger partial charge in [0.25, 0.3) is 5.91 Å². The van der Waals surface area contributed by atoms with Crippen molar-refractivity contribution in [3.8, 4) is 0 Å². The topological polar surface area (TPSA) is 62.7 Å². The number of likely N-dealkylation sites (tertiary alicyclic amines) is 1. The first-order valence-corrected chi connectivity index (χ1v) is 10.1. The van der Waals surface area contributed by atoms with E-state index >= 15 is 0 Å². The number of aryl methyl sites for hydroxylation is 1. The number of aromatic nitrogens is 1. The van der Waals surface area contributed by atoms with E-state index in [1.165, 1.54) is 19.3 Å². The van der Waals surface area contributed by atoms with E-state index in [-0.39, 0.29) is 17.2 Å².